The molecule has 0 unspecified atom stereocenters. The van der Waals surface area contributed by atoms with Gasteiger partial charge < -0.3 is 10.6 Å². The molecule has 2 N–H and O–H groups in total. The van der Waals surface area contributed by atoms with E-state index >= 15 is 0 Å². The zero-order valence-corrected chi connectivity index (χ0v) is 6.76. The monoisotopic (exact) mass is 146 g/mol. The number of carbonyl (C=O) groups is 1. The van der Waals surface area contributed by atoms with E-state index in [0.717, 1.165) is 19.4 Å². The van der Waals surface area contributed by atoms with Crippen LogP contribution in [-0.4, -0.2) is 31.4 Å². The van der Waals surface area contributed by atoms with Gasteiger partial charge in [-0.2, -0.15) is 0 Å². The van der Waals surface area contributed by atoms with Crippen LogP contribution in [0.5, 0.6) is 0 Å². The Morgan fingerprint density at radius 2 is 2.10 bits per heavy atom. The summed E-state index contributed by atoms with van der Waals surface area (Å²) in [5.74, 6) is -0.196. The van der Waals surface area contributed by atoms with Gasteiger partial charge in [0.05, 0.1) is 0 Å². The average Bonchev–Trinajstić information content (AvgIpc) is 1.79. The first-order valence-electron chi connectivity index (χ1n) is 3.56. The van der Waals surface area contributed by atoms with Crippen molar-refractivity contribution in [1.82, 2.24) is 4.90 Å². The molecule has 0 aliphatic carbocycles. The van der Waals surface area contributed by atoms with Crippen molar-refractivity contribution in [2.24, 2.45) is 5.73 Å². The molecular weight excluding hydrogens is 128 g/mol. The highest BCUT2D eigenvalue weighted by Gasteiger charge is 1.94. The number of hydrogen-bond donors (Lipinski definition) is 1. The lowest BCUT2D eigenvalue weighted by Gasteiger charge is -2.07. The molecule has 0 atom stereocenters. The molecule has 0 aromatic carbocycles. The lowest BCUT2D eigenvalue weighted by atomic mass is 10.2. The molecule has 3 nitrogen and oxygen atoms in total. The summed E-state index contributed by atoms with van der Waals surface area (Å²) in [6.07, 6.45) is 2.48. The molecule has 1 amide bonds. The van der Waals surface area contributed by atoms with Crippen molar-refractivity contribution >= 4 is 5.91 Å². The van der Waals surface area contributed by atoms with Gasteiger partial charge in [-0.1, -0.05) is 0 Å². The Morgan fingerprint density at radius 1 is 1.50 bits per heavy atom. The summed E-state index contributed by atoms with van der Waals surface area (Å²) in [6, 6.07) is 0. The van der Waals surface area contributed by atoms with Gasteiger partial charge in [-0.15, -0.1) is 0 Å². The van der Waals surface area contributed by atoms with E-state index in [2.05, 4.69) is 4.90 Å². The minimum atomic E-state index is -0.196. The van der Waals surface area contributed by atoms with Crippen LogP contribution in [0.15, 0.2) is 0 Å². The van der Waals surface area contributed by atoms with E-state index in [-0.39, 0.29) is 7.33 Å². The first kappa shape index (κ1) is 9.43. The molecule has 0 radical (unpaired) electrons. The maximum atomic E-state index is 10.3. The molecule has 0 saturated heterocycles. The first-order chi connectivity index (χ1) is 4.63. The predicted molar refractivity (Wildman–Crippen MR) is 43.7 cm³/mol. The maximum absolute atomic E-state index is 10.3. The molecule has 0 rings (SSSR count). The zero-order valence-electron chi connectivity index (χ0n) is 6.76. The average molecular weight is 146 g/mol. The lowest BCUT2D eigenvalue weighted by Crippen LogP contribution is -2.14. The van der Waals surface area contributed by atoms with Gasteiger partial charge in [0.2, 0.25) is 5.91 Å². The Balaban J connectivity index is 0. The third-order valence-electron chi connectivity index (χ3n) is 1.28. The molecule has 0 fully saturated rings. The van der Waals surface area contributed by atoms with Crippen molar-refractivity contribution in [3.8, 4) is 0 Å². The Morgan fingerprint density at radius 3 is 2.50 bits per heavy atom. The van der Waals surface area contributed by atoms with Gasteiger partial charge in [-0.3, -0.25) is 4.79 Å². The normalized spacial score (nSPS) is 10.3. The number of primary amides is 1. The summed E-state index contributed by atoms with van der Waals surface area (Å²) in [5, 5.41) is 0. The highest BCUT2D eigenvalue weighted by atomic mass is 16.1. The van der Waals surface area contributed by atoms with Crippen molar-refractivity contribution < 1.29 is 6.22 Å². The predicted octanol–water partition coefficient (Wildman–Crippen LogP) is 0.450. The molecule has 62 valence electrons. The second kappa shape index (κ2) is 5.23. The fourth-order valence-corrected chi connectivity index (χ4v) is 0.727. The Hall–Kier alpha value is -0.570. The molecule has 10 heavy (non-hydrogen) atoms. The smallest absolute Gasteiger partial charge is 0.217 e. The number of nitrogens with zero attached hydrogens (tertiary/aromatic N) is 1. The molecule has 0 aromatic rings. The van der Waals surface area contributed by atoms with Crippen LogP contribution in [0.2, 0.25) is 0 Å². The number of amides is 1. The Bertz CT molecular complexity index is 107. The molecule has 3 heteroatoms. The van der Waals surface area contributed by atoms with E-state index in [1.807, 2.05) is 14.1 Å². The SMILES string of the molecule is CN(C)CCCCC(N)=O.[HH]. The minimum Gasteiger partial charge on any atom is -0.370 e. The van der Waals surface area contributed by atoms with Crippen LogP contribution < -0.4 is 5.73 Å². The number of nitrogens with two attached hydrogens (primary N) is 1. The second-order valence-corrected chi connectivity index (χ2v) is 2.73. The maximum Gasteiger partial charge on any atom is 0.217 e. The van der Waals surface area contributed by atoms with Crippen LogP contribution in [-0.2, 0) is 4.79 Å². The second-order valence-electron chi connectivity index (χ2n) is 2.73. The van der Waals surface area contributed by atoms with Gasteiger partial charge in [0.1, 0.15) is 0 Å². The molecule has 0 aliphatic heterocycles. The Labute approximate surface area is 63.7 Å². The molecule has 0 saturated carbocycles. The van der Waals surface area contributed by atoms with Crippen molar-refractivity contribution in [3.63, 3.8) is 0 Å². The van der Waals surface area contributed by atoms with Crippen LogP contribution in [0.4, 0.5) is 0 Å². The van der Waals surface area contributed by atoms with E-state index in [9.17, 15) is 4.79 Å². The van der Waals surface area contributed by atoms with E-state index in [0.29, 0.717) is 6.42 Å². The van der Waals surface area contributed by atoms with E-state index < -0.39 is 0 Å². The minimum absolute atomic E-state index is 0. The van der Waals surface area contributed by atoms with Crippen LogP contribution in [0.3, 0.4) is 0 Å². The van der Waals surface area contributed by atoms with Crippen LogP contribution in [0.1, 0.15) is 20.7 Å². The number of hydrogen-bond acceptors (Lipinski definition) is 2. The number of unbranched alkanes of at least 4 members (excludes halogenated alkanes) is 1. The van der Waals surface area contributed by atoms with Crippen molar-refractivity contribution in [2.45, 2.75) is 19.3 Å². The molecule has 0 bridgehead atoms. The van der Waals surface area contributed by atoms with Gasteiger partial charge in [0, 0.05) is 7.85 Å². The summed E-state index contributed by atoms with van der Waals surface area (Å²) in [4.78, 5) is 12.4. The van der Waals surface area contributed by atoms with Crippen molar-refractivity contribution in [1.29, 1.82) is 0 Å². The topological polar surface area (TPSA) is 46.3 Å². The summed E-state index contributed by atoms with van der Waals surface area (Å²) >= 11 is 0. The lowest BCUT2D eigenvalue weighted by molar-refractivity contribution is -0.118. The fraction of sp³-hybridized carbons (Fsp3) is 0.857. The van der Waals surface area contributed by atoms with E-state index in [1.165, 1.54) is 0 Å². The van der Waals surface area contributed by atoms with Gasteiger partial charge in [0.15, 0.2) is 0 Å². The van der Waals surface area contributed by atoms with Crippen LogP contribution in [0.25, 0.3) is 0 Å². The zero-order chi connectivity index (χ0) is 7.98. The molecule has 0 heterocycles. The largest absolute Gasteiger partial charge is 0.370 e. The molecule has 0 aliphatic rings. The summed E-state index contributed by atoms with van der Waals surface area (Å²) in [5.41, 5.74) is 4.96. The van der Waals surface area contributed by atoms with Gasteiger partial charge in [-0.05, 0) is 33.5 Å². The third kappa shape index (κ3) is 7.43. The highest BCUT2D eigenvalue weighted by molar-refractivity contribution is 5.73. The van der Waals surface area contributed by atoms with E-state index in [1.54, 1.807) is 0 Å². The van der Waals surface area contributed by atoms with Crippen LogP contribution >= 0.6 is 0 Å². The molecule has 0 spiro atoms. The summed E-state index contributed by atoms with van der Waals surface area (Å²) < 4.78 is 0. The van der Waals surface area contributed by atoms with Crippen molar-refractivity contribution in [2.75, 3.05) is 20.6 Å². The first-order valence-corrected chi connectivity index (χ1v) is 3.56. The van der Waals surface area contributed by atoms with Gasteiger partial charge >= 0.3 is 0 Å². The van der Waals surface area contributed by atoms with E-state index in [4.69, 9.17) is 5.73 Å². The standard InChI is InChI=1S/C7H16N2O.H2/c1-9(2)6-4-3-5-7(8)10;/h3-6H2,1-2H3,(H2,8,10);1H. The van der Waals surface area contributed by atoms with Crippen molar-refractivity contribution in [3.05, 3.63) is 0 Å². The quantitative estimate of drug-likeness (QED) is 0.572. The summed E-state index contributed by atoms with van der Waals surface area (Å²) in [6.45, 7) is 1.03. The molecular formula is C7H18N2O. The highest BCUT2D eigenvalue weighted by Crippen LogP contribution is 1.94. The van der Waals surface area contributed by atoms with Gasteiger partial charge in [0.25, 0.3) is 0 Å². The number of rotatable bonds is 5. The van der Waals surface area contributed by atoms with Gasteiger partial charge in [-0.25, -0.2) is 0 Å². The molecule has 0 aromatic heterocycles. The number of carbonyl (C=O) groups excluding carboxylic acids is 1. The summed E-state index contributed by atoms with van der Waals surface area (Å²) in [7, 11) is 4.04. The third-order valence-corrected chi connectivity index (χ3v) is 1.28. The fourth-order valence-electron chi connectivity index (χ4n) is 0.727. The van der Waals surface area contributed by atoms with Crippen LogP contribution in [0, 0.1) is 0 Å². The Kier molecular flexibility index (Phi) is 4.94.